The Labute approximate surface area is 168 Å². The molecule has 2 aliphatic rings. The van der Waals surface area contributed by atoms with E-state index in [1.54, 1.807) is 0 Å². The monoisotopic (exact) mass is 377 g/mol. The van der Waals surface area contributed by atoms with Crippen molar-refractivity contribution in [3.63, 3.8) is 0 Å². The average molecular weight is 378 g/mol. The van der Waals surface area contributed by atoms with Crippen LogP contribution in [0.1, 0.15) is 42.5 Å². The highest BCUT2D eigenvalue weighted by Crippen LogP contribution is 2.24. The van der Waals surface area contributed by atoms with E-state index in [-0.39, 0.29) is 11.9 Å². The van der Waals surface area contributed by atoms with E-state index < -0.39 is 0 Å². The Balaban J connectivity index is 1.27. The topological polar surface area (TPSA) is 35.6 Å². The minimum atomic E-state index is 0.0605. The van der Waals surface area contributed by atoms with Gasteiger partial charge in [-0.3, -0.25) is 9.69 Å². The van der Waals surface area contributed by atoms with Gasteiger partial charge in [-0.2, -0.15) is 0 Å². The summed E-state index contributed by atoms with van der Waals surface area (Å²) >= 11 is 0. The molecule has 2 aromatic carbocycles. The van der Waals surface area contributed by atoms with Gasteiger partial charge in [0, 0.05) is 31.9 Å². The normalized spacial score (nSPS) is 18.4. The lowest BCUT2D eigenvalue weighted by Crippen LogP contribution is -2.49. The molecule has 0 radical (unpaired) electrons. The van der Waals surface area contributed by atoms with Gasteiger partial charge >= 0.3 is 0 Å². The third kappa shape index (κ3) is 4.56. The lowest BCUT2D eigenvalue weighted by Gasteiger charge is -2.35. The number of nitrogens with one attached hydrogen (secondary N) is 1. The minimum Gasteiger partial charge on any atom is -0.369 e. The summed E-state index contributed by atoms with van der Waals surface area (Å²) < 4.78 is 0. The highest BCUT2D eigenvalue weighted by atomic mass is 16.2. The summed E-state index contributed by atoms with van der Waals surface area (Å²) in [7, 11) is 0. The molecular weight excluding hydrogens is 346 g/mol. The number of carbonyl (C=O) groups excluding carboxylic acids is 1. The molecule has 4 heteroatoms. The number of para-hydroxylation sites is 1. The van der Waals surface area contributed by atoms with E-state index in [0.29, 0.717) is 6.54 Å². The summed E-state index contributed by atoms with van der Waals surface area (Å²) in [5, 5.41) is 3.20. The standard InChI is InChI=1S/C24H31N3O/c1-19(21-12-11-20-7-5-6-8-22(20)17-21)25-24(28)18-26-13-15-27(16-14-26)23-9-3-2-4-10-23/h2-4,9-12,17,19H,5-8,13-16,18H2,1H3,(H,25,28). The molecule has 1 amide bonds. The Kier molecular flexibility index (Phi) is 5.96. The van der Waals surface area contributed by atoms with Crippen molar-refractivity contribution in [1.82, 2.24) is 10.2 Å². The molecule has 1 fully saturated rings. The van der Waals surface area contributed by atoms with Crippen LogP contribution in [-0.2, 0) is 17.6 Å². The van der Waals surface area contributed by atoms with Crippen molar-refractivity contribution < 1.29 is 4.79 Å². The molecule has 4 nitrogen and oxygen atoms in total. The summed E-state index contributed by atoms with van der Waals surface area (Å²) in [6, 6.07) is 17.3. The second-order valence-electron chi connectivity index (χ2n) is 8.12. The molecule has 1 N–H and O–H groups in total. The first kappa shape index (κ1) is 19.0. The molecule has 148 valence electrons. The zero-order chi connectivity index (χ0) is 19.3. The predicted octanol–water partition coefficient (Wildman–Crippen LogP) is 3.56. The van der Waals surface area contributed by atoms with Crippen molar-refractivity contribution in [3.05, 3.63) is 65.2 Å². The number of carbonyl (C=O) groups is 1. The number of amides is 1. The average Bonchev–Trinajstić information content (AvgIpc) is 2.74. The Morgan fingerprint density at radius 3 is 2.43 bits per heavy atom. The number of fused-ring (bicyclic) bond motifs is 1. The fraction of sp³-hybridized carbons (Fsp3) is 0.458. The zero-order valence-electron chi connectivity index (χ0n) is 16.9. The number of anilines is 1. The predicted molar refractivity (Wildman–Crippen MR) is 115 cm³/mol. The first-order valence-corrected chi connectivity index (χ1v) is 10.6. The summed E-state index contributed by atoms with van der Waals surface area (Å²) in [6.07, 6.45) is 4.96. The van der Waals surface area contributed by atoms with Gasteiger partial charge in [-0.1, -0.05) is 36.4 Å². The summed E-state index contributed by atoms with van der Waals surface area (Å²) in [6.45, 7) is 6.37. The number of piperazine rings is 1. The van der Waals surface area contributed by atoms with Gasteiger partial charge in [0.2, 0.25) is 5.91 Å². The molecular formula is C24H31N3O. The molecule has 1 saturated heterocycles. The maximum Gasteiger partial charge on any atom is 0.234 e. The van der Waals surface area contributed by atoms with Gasteiger partial charge in [0.25, 0.3) is 0 Å². The summed E-state index contributed by atoms with van der Waals surface area (Å²) in [5.74, 6) is 0.124. The molecule has 1 aliphatic carbocycles. The largest absolute Gasteiger partial charge is 0.369 e. The van der Waals surface area contributed by atoms with Crippen molar-refractivity contribution in [2.75, 3.05) is 37.6 Å². The number of aryl methyl sites for hydroxylation is 2. The third-order valence-corrected chi connectivity index (χ3v) is 6.11. The highest BCUT2D eigenvalue weighted by Gasteiger charge is 2.20. The fourth-order valence-electron chi connectivity index (χ4n) is 4.40. The number of benzene rings is 2. The van der Waals surface area contributed by atoms with E-state index >= 15 is 0 Å². The Morgan fingerprint density at radius 2 is 1.68 bits per heavy atom. The molecule has 1 atom stereocenters. The first-order valence-electron chi connectivity index (χ1n) is 10.6. The van der Waals surface area contributed by atoms with Crippen molar-refractivity contribution in [1.29, 1.82) is 0 Å². The second-order valence-corrected chi connectivity index (χ2v) is 8.12. The third-order valence-electron chi connectivity index (χ3n) is 6.11. The quantitative estimate of drug-likeness (QED) is 0.865. The van der Waals surface area contributed by atoms with Gasteiger partial charge in [0.1, 0.15) is 0 Å². The summed E-state index contributed by atoms with van der Waals surface area (Å²) in [5.41, 5.74) is 5.46. The molecule has 0 spiro atoms. The van der Waals surface area contributed by atoms with Crippen LogP contribution in [0.4, 0.5) is 5.69 Å². The highest BCUT2D eigenvalue weighted by molar-refractivity contribution is 5.78. The van der Waals surface area contributed by atoms with E-state index in [4.69, 9.17) is 0 Å². The van der Waals surface area contributed by atoms with E-state index in [0.717, 1.165) is 26.2 Å². The molecule has 0 bridgehead atoms. The molecule has 1 aliphatic heterocycles. The number of hydrogen-bond donors (Lipinski definition) is 1. The van der Waals surface area contributed by atoms with Gasteiger partial charge in [-0.05, 0) is 61.4 Å². The van der Waals surface area contributed by atoms with Crippen LogP contribution in [0.3, 0.4) is 0 Å². The lowest BCUT2D eigenvalue weighted by molar-refractivity contribution is -0.123. The molecule has 0 aromatic heterocycles. The van der Waals surface area contributed by atoms with E-state index in [9.17, 15) is 4.79 Å². The first-order chi connectivity index (χ1) is 13.7. The van der Waals surface area contributed by atoms with E-state index in [1.165, 1.54) is 48.1 Å². The zero-order valence-corrected chi connectivity index (χ0v) is 16.9. The number of hydrogen-bond acceptors (Lipinski definition) is 3. The fourth-order valence-corrected chi connectivity index (χ4v) is 4.40. The summed E-state index contributed by atoms with van der Waals surface area (Å²) in [4.78, 5) is 17.2. The van der Waals surface area contributed by atoms with Gasteiger partial charge in [-0.15, -0.1) is 0 Å². The number of rotatable bonds is 5. The van der Waals surface area contributed by atoms with Crippen LogP contribution < -0.4 is 10.2 Å². The Hall–Kier alpha value is -2.33. The van der Waals surface area contributed by atoms with Crippen LogP contribution in [0, 0.1) is 0 Å². The number of nitrogens with zero attached hydrogens (tertiary/aromatic N) is 2. The van der Waals surface area contributed by atoms with Crippen LogP contribution >= 0.6 is 0 Å². The minimum absolute atomic E-state index is 0.0605. The lowest BCUT2D eigenvalue weighted by atomic mass is 9.89. The van der Waals surface area contributed by atoms with Crippen molar-refractivity contribution >= 4 is 11.6 Å². The van der Waals surface area contributed by atoms with Crippen LogP contribution in [0.15, 0.2) is 48.5 Å². The molecule has 0 saturated carbocycles. The van der Waals surface area contributed by atoms with Crippen LogP contribution in [0.25, 0.3) is 0 Å². The Morgan fingerprint density at radius 1 is 0.964 bits per heavy atom. The maximum atomic E-state index is 12.6. The van der Waals surface area contributed by atoms with Crippen LogP contribution in [0.5, 0.6) is 0 Å². The molecule has 1 unspecified atom stereocenters. The van der Waals surface area contributed by atoms with Crippen LogP contribution in [0.2, 0.25) is 0 Å². The van der Waals surface area contributed by atoms with E-state index in [2.05, 4.69) is 64.5 Å². The molecule has 2 aromatic rings. The molecule has 28 heavy (non-hydrogen) atoms. The molecule has 1 heterocycles. The maximum absolute atomic E-state index is 12.6. The second kappa shape index (κ2) is 8.78. The Bertz CT molecular complexity index is 797. The van der Waals surface area contributed by atoms with Crippen molar-refractivity contribution in [2.24, 2.45) is 0 Å². The van der Waals surface area contributed by atoms with Crippen molar-refractivity contribution in [3.8, 4) is 0 Å². The smallest absolute Gasteiger partial charge is 0.234 e. The van der Waals surface area contributed by atoms with Gasteiger partial charge in [0.05, 0.1) is 12.6 Å². The SMILES string of the molecule is CC(NC(=O)CN1CCN(c2ccccc2)CC1)c1ccc2c(c1)CCCC2. The van der Waals surface area contributed by atoms with Gasteiger partial charge < -0.3 is 10.2 Å². The van der Waals surface area contributed by atoms with E-state index in [1.807, 2.05) is 6.07 Å². The van der Waals surface area contributed by atoms with Gasteiger partial charge in [-0.25, -0.2) is 0 Å². The molecule has 4 rings (SSSR count). The van der Waals surface area contributed by atoms with Crippen LogP contribution in [-0.4, -0.2) is 43.5 Å². The van der Waals surface area contributed by atoms with Gasteiger partial charge in [0.15, 0.2) is 0 Å². The van der Waals surface area contributed by atoms with Crippen molar-refractivity contribution in [2.45, 2.75) is 38.6 Å².